The van der Waals surface area contributed by atoms with E-state index in [9.17, 15) is 8.78 Å². The second-order valence-electron chi connectivity index (χ2n) is 4.07. The third-order valence-corrected chi connectivity index (χ3v) is 2.80. The van der Waals surface area contributed by atoms with Gasteiger partial charge >= 0.3 is 0 Å². The van der Waals surface area contributed by atoms with Crippen molar-refractivity contribution in [3.8, 4) is 0 Å². The highest BCUT2D eigenvalue weighted by Gasteiger charge is 2.21. The second kappa shape index (κ2) is 5.20. The molecule has 0 saturated carbocycles. The molecule has 4 nitrogen and oxygen atoms in total. The predicted molar refractivity (Wildman–Crippen MR) is 65.6 cm³/mol. The van der Waals surface area contributed by atoms with Gasteiger partial charge in [0.15, 0.2) is 0 Å². The number of benzene rings is 1. The van der Waals surface area contributed by atoms with Gasteiger partial charge in [0.05, 0.1) is 5.69 Å². The first-order chi connectivity index (χ1) is 8.60. The van der Waals surface area contributed by atoms with Gasteiger partial charge < -0.3 is 15.4 Å². The highest BCUT2D eigenvalue weighted by atomic mass is 19.1. The van der Waals surface area contributed by atoms with Crippen molar-refractivity contribution in [3.63, 3.8) is 0 Å². The zero-order valence-corrected chi connectivity index (χ0v) is 10.1. The SMILES string of the molecule is CCN(C[C@H]1COC(N)=N1)c1ccc(F)cc1F. The number of anilines is 1. The van der Waals surface area contributed by atoms with Gasteiger partial charge in [-0.05, 0) is 19.1 Å². The van der Waals surface area contributed by atoms with Crippen molar-refractivity contribution in [1.82, 2.24) is 0 Å². The minimum absolute atomic E-state index is 0.116. The van der Waals surface area contributed by atoms with Gasteiger partial charge in [0.25, 0.3) is 6.02 Å². The maximum atomic E-state index is 13.7. The minimum Gasteiger partial charge on any atom is -0.463 e. The van der Waals surface area contributed by atoms with Gasteiger partial charge in [0.2, 0.25) is 0 Å². The lowest BCUT2D eigenvalue weighted by Gasteiger charge is -2.25. The van der Waals surface area contributed by atoms with E-state index in [2.05, 4.69) is 4.99 Å². The number of halogens is 2. The number of hydrogen-bond donors (Lipinski definition) is 1. The van der Waals surface area contributed by atoms with E-state index >= 15 is 0 Å². The van der Waals surface area contributed by atoms with E-state index in [1.807, 2.05) is 6.92 Å². The molecule has 2 N–H and O–H groups in total. The Morgan fingerprint density at radius 3 is 2.83 bits per heavy atom. The Bertz CT molecular complexity index is 465. The van der Waals surface area contributed by atoms with E-state index in [0.29, 0.717) is 25.4 Å². The Kier molecular flexibility index (Phi) is 3.64. The van der Waals surface area contributed by atoms with Gasteiger partial charge in [0.1, 0.15) is 24.3 Å². The maximum absolute atomic E-state index is 13.7. The molecule has 1 aromatic carbocycles. The van der Waals surface area contributed by atoms with Crippen molar-refractivity contribution >= 4 is 11.7 Å². The molecule has 0 fully saturated rings. The van der Waals surface area contributed by atoms with Gasteiger partial charge in [-0.1, -0.05) is 0 Å². The lowest BCUT2D eigenvalue weighted by atomic mass is 10.2. The Hall–Kier alpha value is -1.85. The number of hydrogen-bond acceptors (Lipinski definition) is 4. The van der Waals surface area contributed by atoms with Crippen LogP contribution in [0.5, 0.6) is 0 Å². The molecule has 2 rings (SSSR count). The third-order valence-electron chi connectivity index (χ3n) is 2.80. The van der Waals surface area contributed by atoms with Crippen LogP contribution < -0.4 is 10.6 Å². The van der Waals surface area contributed by atoms with Crippen LogP contribution in [0.3, 0.4) is 0 Å². The molecule has 0 spiro atoms. The van der Waals surface area contributed by atoms with Crippen LogP contribution >= 0.6 is 0 Å². The fraction of sp³-hybridized carbons (Fsp3) is 0.417. The zero-order chi connectivity index (χ0) is 13.1. The number of rotatable bonds is 4. The second-order valence-corrected chi connectivity index (χ2v) is 4.07. The van der Waals surface area contributed by atoms with Gasteiger partial charge in [-0.3, -0.25) is 0 Å². The number of aliphatic imine (C=N–C) groups is 1. The van der Waals surface area contributed by atoms with Crippen LogP contribution in [-0.4, -0.2) is 31.8 Å². The zero-order valence-electron chi connectivity index (χ0n) is 10.1. The lowest BCUT2D eigenvalue weighted by Crippen LogP contribution is -2.32. The summed E-state index contributed by atoms with van der Waals surface area (Å²) in [6.07, 6.45) is 0. The Balaban J connectivity index is 2.13. The minimum atomic E-state index is -0.584. The molecule has 0 bridgehead atoms. The summed E-state index contributed by atoms with van der Waals surface area (Å²) in [6.45, 7) is 3.37. The molecular weight excluding hydrogens is 240 g/mol. The largest absolute Gasteiger partial charge is 0.463 e. The summed E-state index contributed by atoms with van der Waals surface area (Å²) in [5.74, 6) is -1.16. The molecule has 1 aliphatic rings. The normalized spacial score (nSPS) is 18.4. The molecule has 0 amide bonds. The van der Waals surface area contributed by atoms with Crippen molar-refractivity contribution in [2.24, 2.45) is 10.7 Å². The highest BCUT2D eigenvalue weighted by Crippen LogP contribution is 2.21. The first-order valence-electron chi connectivity index (χ1n) is 5.76. The Morgan fingerprint density at radius 2 is 2.28 bits per heavy atom. The van der Waals surface area contributed by atoms with Crippen molar-refractivity contribution in [1.29, 1.82) is 0 Å². The predicted octanol–water partition coefficient (Wildman–Crippen LogP) is 1.50. The van der Waals surface area contributed by atoms with E-state index < -0.39 is 11.6 Å². The van der Waals surface area contributed by atoms with Crippen LogP contribution in [0.2, 0.25) is 0 Å². The van der Waals surface area contributed by atoms with Crippen molar-refractivity contribution in [3.05, 3.63) is 29.8 Å². The fourth-order valence-corrected chi connectivity index (χ4v) is 1.92. The Morgan fingerprint density at radius 1 is 1.50 bits per heavy atom. The molecule has 98 valence electrons. The number of nitrogens with zero attached hydrogens (tertiary/aromatic N) is 2. The van der Waals surface area contributed by atoms with E-state index in [-0.39, 0.29) is 12.1 Å². The molecule has 6 heteroatoms. The Labute approximate surface area is 104 Å². The van der Waals surface area contributed by atoms with E-state index in [4.69, 9.17) is 10.5 Å². The smallest absolute Gasteiger partial charge is 0.282 e. The summed E-state index contributed by atoms with van der Waals surface area (Å²) in [5, 5.41) is 0. The van der Waals surface area contributed by atoms with Crippen molar-refractivity contribution in [2.75, 3.05) is 24.6 Å². The summed E-state index contributed by atoms with van der Waals surface area (Å²) < 4.78 is 31.6. The summed E-state index contributed by atoms with van der Waals surface area (Å²) in [5.41, 5.74) is 5.78. The van der Waals surface area contributed by atoms with Gasteiger partial charge in [-0.25, -0.2) is 13.8 Å². The number of nitrogens with two attached hydrogens (primary N) is 1. The average molecular weight is 255 g/mol. The average Bonchev–Trinajstić information content (AvgIpc) is 2.72. The van der Waals surface area contributed by atoms with Crippen LogP contribution in [0, 0.1) is 11.6 Å². The summed E-state index contributed by atoms with van der Waals surface area (Å²) in [7, 11) is 0. The maximum Gasteiger partial charge on any atom is 0.282 e. The fourth-order valence-electron chi connectivity index (χ4n) is 1.92. The quantitative estimate of drug-likeness (QED) is 0.887. The molecule has 18 heavy (non-hydrogen) atoms. The van der Waals surface area contributed by atoms with Gasteiger partial charge in [0, 0.05) is 19.2 Å². The molecule has 1 atom stereocenters. The van der Waals surface area contributed by atoms with Gasteiger partial charge in [-0.15, -0.1) is 0 Å². The van der Waals surface area contributed by atoms with Crippen molar-refractivity contribution in [2.45, 2.75) is 13.0 Å². The van der Waals surface area contributed by atoms with Crippen molar-refractivity contribution < 1.29 is 13.5 Å². The molecule has 1 aromatic rings. The number of ether oxygens (including phenoxy) is 1. The van der Waals surface area contributed by atoms with Crippen LogP contribution in [0.25, 0.3) is 0 Å². The first kappa shape index (κ1) is 12.6. The van der Waals surface area contributed by atoms with E-state index in [0.717, 1.165) is 6.07 Å². The standard InChI is InChI=1S/C12H15F2N3O/c1-2-17(6-9-7-18-12(15)16-9)11-4-3-8(13)5-10(11)14/h3-5,9H,2,6-7H2,1H3,(H2,15,16)/t9-/m0/s1. The molecule has 0 unspecified atom stereocenters. The molecule has 0 aromatic heterocycles. The van der Waals surface area contributed by atoms with Crippen LogP contribution in [0.4, 0.5) is 14.5 Å². The van der Waals surface area contributed by atoms with Crippen LogP contribution in [0.15, 0.2) is 23.2 Å². The monoisotopic (exact) mass is 255 g/mol. The highest BCUT2D eigenvalue weighted by molar-refractivity contribution is 5.73. The van der Waals surface area contributed by atoms with E-state index in [1.54, 1.807) is 4.90 Å². The third kappa shape index (κ3) is 2.69. The first-order valence-corrected chi connectivity index (χ1v) is 5.76. The van der Waals surface area contributed by atoms with Crippen LogP contribution in [-0.2, 0) is 4.74 Å². The lowest BCUT2D eigenvalue weighted by molar-refractivity contribution is 0.313. The van der Waals surface area contributed by atoms with E-state index in [1.165, 1.54) is 12.1 Å². The molecule has 0 saturated heterocycles. The summed E-state index contributed by atoms with van der Waals surface area (Å²) in [4.78, 5) is 5.87. The van der Waals surface area contributed by atoms with Crippen LogP contribution in [0.1, 0.15) is 6.92 Å². The molecule has 0 aliphatic carbocycles. The topological polar surface area (TPSA) is 50.9 Å². The molecule has 1 aliphatic heterocycles. The molecule has 0 radical (unpaired) electrons. The molecular formula is C12H15F2N3O. The summed E-state index contributed by atoms with van der Waals surface area (Å²) >= 11 is 0. The number of amidine groups is 1. The number of likely N-dealkylation sites (N-methyl/N-ethyl adjacent to an activating group) is 1. The van der Waals surface area contributed by atoms with Gasteiger partial charge in [-0.2, -0.15) is 0 Å². The molecule has 1 heterocycles. The summed E-state index contributed by atoms with van der Waals surface area (Å²) in [6, 6.07) is 3.59.